The highest BCUT2D eigenvalue weighted by Gasteiger charge is 2.58. The highest BCUT2D eigenvalue weighted by Crippen LogP contribution is 2.53. The Morgan fingerprint density at radius 1 is 1.22 bits per heavy atom. The average molecular weight is 570 g/mol. The van der Waals surface area contributed by atoms with E-state index in [1.165, 1.54) is 12.1 Å². The number of aliphatic hydroxyl groups excluding tert-OH is 4. The molecule has 1 aromatic heterocycles. The molecule has 13 nitrogen and oxygen atoms in total. The van der Waals surface area contributed by atoms with E-state index in [9.17, 15) is 38.5 Å². The monoisotopic (exact) mass is 569 g/mol. The van der Waals surface area contributed by atoms with Crippen LogP contribution in [0.25, 0.3) is 0 Å². The molecule has 6 atom stereocenters. The minimum atomic E-state index is -4.72. The molecule has 6 N–H and O–H groups in total. The number of halogens is 2. The van der Waals surface area contributed by atoms with Crippen molar-refractivity contribution in [2.24, 2.45) is 0 Å². The number of aromatic nitrogens is 3. The largest absolute Gasteiger partial charge is 0.460 e. The molecule has 1 aromatic carbocycles. The van der Waals surface area contributed by atoms with Crippen LogP contribution >= 0.6 is 23.2 Å². The van der Waals surface area contributed by atoms with Gasteiger partial charge < -0.3 is 35.0 Å². The first-order valence-corrected chi connectivity index (χ1v) is 13.0. The van der Waals surface area contributed by atoms with E-state index in [2.05, 4.69) is 10.1 Å². The van der Waals surface area contributed by atoms with Crippen LogP contribution in [-0.2, 0) is 27.8 Å². The second kappa shape index (κ2) is 9.94. The molecule has 2 aromatic rings. The summed E-state index contributed by atoms with van der Waals surface area (Å²) < 4.78 is 44.5. The fraction of sp³-hybridized carbons (Fsp3) is 0.600. The quantitative estimate of drug-likeness (QED) is 0.160. The molecule has 2 heterocycles. The van der Waals surface area contributed by atoms with Gasteiger partial charge in [0.05, 0.1) is 23.0 Å². The standard InChI is InChI=1S/C20H25Cl2N3O10S/c21-13-10(2-1-3-11(13)34-17-16(29)15(28)14(27)12(7-26)35-17)6-20(30,19(22)4-5-19)8-25-18(23-9-24-25)36(31,32)33/h1-3,9,12,14-17,26-30H,4-8H2,(H,31,32,33)/t12-,14-,15+,16-,17+,20?/m1/s1. The minimum absolute atomic E-state index is 0.000327. The van der Waals surface area contributed by atoms with Crippen molar-refractivity contribution in [3.63, 3.8) is 0 Å². The zero-order valence-corrected chi connectivity index (χ0v) is 20.9. The summed E-state index contributed by atoms with van der Waals surface area (Å²) in [7, 11) is -4.72. The number of ether oxygens (including phenoxy) is 2. The number of hydrogen-bond acceptors (Lipinski definition) is 11. The molecule has 1 aliphatic heterocycles. The van der Waals surface area contributed by atoms with Crippen LogP contribution in [0.2, 0.25) is 5.02 Å². The van der Waals surface area contributed by atoms with Gasteiger partial charge in [-0.15, -0.1) is 11.6 Å². The third kappa shape index (κ3) is 5.20. The van der Waals surface area contributed by atoms with Crippen LogP contribution in [0.5, 0.6) is 5.75 Å². The number of benzene rings is 1. The van der Waals surface area contributed by atoms with Gasteiger partial charge in [0.2, 0.25) is 6.29 Å². The van der Waals surface area contributed by atoms with Crippen LogP contribution in [0.3, 0.4) is 0 Å². The average Bonchev–Trinajstić information content (AvgIpc) is 3.40. The van der Waals surface area contributed by atoms with Gasteiger partial charge in [-0.2, -0.15) is 13.5 Å². The van der Waals surface area contributed by atoms with Crippen LogP contribution in [-0.4, -0.2) is 101 Å². The van der Waals surface area contributed by atoms with Gasteiger partial charge in [0.15, 0.2) is 0 Å². The van der Waals surface area contributed by atoms with Crippen LogP contribution in [0.1, 0.15) is 18.4 Å². The van der Waals surface area contributed by atoms with Gasteiger partial charge in [0.25, 0.3) is 5.16 Å². The van der Waals surface area contributed by atoms with E-state index < -0.39 is 69.6 Å². The Balaban J connectivity index is 1.60. The summed E-state index contributed by atoms with van der Waals surface area (Å²) in [5.41, 5.74) is -1.45. The van der Waals surface area contributed by atoms with E-state index in [-0.39, 0.29) is 17.2 Å². The second-order valence-electron chi connectivity index (χ2n) is 8.89. The van der Waals surface area contributed by atoms with Crippen LogP contribution in [0, 0.1) is 0 Å². The predicted octanol–water partition coefficient (Wildman–Crippen LogP) is -0.898. The third-order valence-electron chi connectivity index (χ3n) is 6.36. The van der Waals surface area contributed by atoms with Gasteiger partial charge in [0, 0.05) is 6.42 Å². The van der Waals surface area contributed by atoms with Gasteiger partial charge in [0.1, 0.15) is 42.1 Å². The number of nitrogens with zero attached hydrogens (tertiary/aromatic N) is 3. The molecule has 200 valence electrons. The Morgan fingerprint density at radius 3 is 2.53 bits per heavy atom. The van der Waals surface area contributed by atoms with Crippen molar-refractivity contribution in [2.45, 2.75) is 72.1 Å². The highest BCUT2D eigenvalue weighted by atomic mass is 35.5. The maximum atomic E-state index is 11.6. The highest BCUT2D eigenvalue weighted by molar-refractivity contribution is 7.85. The molecule has 0 radical (unpaired) electrons. The molecule has 2 aliphatic rings. The summed E-state index contributed by atoms with van der Waals surface area (Å²) in [5, 5.41) is 54.2. The van der Waals surface area contributed by atoms with Crippen molar-refractivity contribution in [1.82, 2.24) is 14.8 Å². The summed E-state index contributed by atoms with van der Waals surface area (Å²) in [6, 6.07) is 4.54. The van der Waals surface area contributed by atoms with Gasteiger partial charge in [-0.1, -0.05) is 23.7 Å². The molecule has 1 unspecified atom stereocenters. The van der Waals surface area contributed by atoms with E-state index in [1.807, 2.05) is 0 Å². The maximum Gasteiger partial charge on any atom is 0.330 e. The minimum Gasteiger partial charge on any atom is -0.460 e. The number of alkyl halides is 1. The first kappa shape index (κ1) is 27.4. The molecule has 1 saturated carbocycles. The first-order chi connectivity index (χ1) is 16.8. The molecule has 4 rings (SSSR count). The number of rotatable bonds is 9. The smallest absolute Gasteiger partial charge is 0.330 e. The molecular weight excluding hydrogens is 545 g/mol. The summed E-state index contributed by atoms with van der Waals surface area (Å²) in [5.74, 6) is -0.000327. The van der Waals surface area contributed by atoms with E-state index in [0.717, 1.165) is 11.0 Å². The molecule has 36 heavy (non-hydrogen) atoms. The van der Waals surface area contributed by atoms with Crippen molar-refractivity contribution in [3.8, 4) is 5.75 Å². The lowest BCUT2D eigenvalue weighted by Gasteiger charge is -2.39. The molecular formula is C20H25Cl2N3O10S. The lowest BCUT2D eigenvalue weighted by atomic mass is 9.88. The van der Waals surface area contributed by atoms with Crippen molar-refractivity contribution in [3.05, 3.63) is 35.1 Å². The summed E-state index contributed by atoms with van der Waals surface area (Å²) in [4.78, 5) is 2.40. The van der Waals surface area contributed by atoms with E-state index in [0.29, 0.717) is 18.4 Å². The normalized spacial score (nSPS) is 29.5. The summed E-state index contributed by atoms with van der Waals surface area (Å²) >= 11 is 13.1. The number of aliphatic hydroxyl groups is 5. The summed E-state index contributed by atoms with van der Waals surface area (Å²) in [6.45, 7) is -1.07. The Bertz CT molecular complexity index is 1210. The maximum absolute atomic E-state index is 11.6. The number of hydrogen-bond donors (Lipinski definition) is 6. The van der Waals surface area contributed by atoms with Crippen molar-refractivity contribution in [2.75, 3.05) is 6.61 Å². The van der Waals surface area contributed by atoms with E-state index >= 15 is 0 Å². The molecule has 2 fully saturated rings. The lowest BCUT2D eigenvalue weighted by Crippen LogP contribution is -2.60. The SMILES string of the molecule is O=S(=O)(O)c1ncnn1CC(O)(Cc1cccc(O[C@H]2O[C@H](CO)[C@@H](O)[C@H](O)[C@H]2O)c1Cl)C1(Cl)CC1. The fourth-order valence-electron chi connectivity index (χ4n) is 4.13. The van der Waals surface area contributed by atoms with Crippen LogP contribution in [0.15, 0.2) is 29.7 Å². The summed E-state index contributed by atoms with van der Waals surface area (Å²) in [6.07, 6.45) is -6.00. The Hall–Kier alpha value is -1.59. The van der Waals surface area contributed by atoms with Crippen molar-refractivity contribution < 1.29 is 48.0 Å². The zero-order valence-electron chi connectivity index (χ0n) is 18.6. The van der Waals surface area contributed by atoms with E-state index in [1.54, 1.807) is 6.07 Å². The molecule has 16 heteroatoms. The van der Waals surface area contributed by atoms with Gasteiger partial charge in [-0.05, 0) is 24.5 Å². The Labute approximate surface area is 215 Å². The van der Waals surface area contributed by atoms with Gasteiger partial charge in [-0.25, -0.2) is 9.67 Å². The molecule has 0 spiro atoms. The van der Waals surface area contributed by atoms with Crippen LogP contribution in [0.4, 0.5) is 0 Å². The molecule has 1 saturated heterocycles. The Morgan fingerprint density at radius 2 is 1.92 bits per heavy atom. The van der Waals surface area contributed by atoms with Crippen molar-refractivity contribution >= 4 is 33.3 Å². The third-order valence-corrected chi connectivity index (χ3v) is 8.30. The topological polar surface area (TPSA) is 205 Å². The Kier molecular flexibility index (Phi) is 7.58. The van der Waals surface area contributed by atoms with E-state index in [4.69, 9.17) is 32.7 Å². The fourth-order valence-corrected chi connectivity index (χ4v) is 5.15. The molecule has 0 amide bonds. The molecule has 1 aliphatic carbocycles. The van der Waals surface area contributed by atoms with Crippen LogP contribution < -0.4 is 4.74 Å². The van der Waals surface area contributed by atoms with Gasteiger partial charge >= 0.3 is 10.1 Å². The zero-order chi connectivity index (χ0) is 26.5. The predicted molar refractivity (Wildman–Crippen MR) is 122 cm³/mol. The van der Waals surface area contributed by atoms with Crippen molar-refractivity contribution in [1.29, 1.82) is 0 Å². The first-order valence-electron chi connectivity index (χ1n) is 10.8. The van der Waals surface area contributed by atoms with Gasteiger partial charge in [-0.3, -0.25) is 4.55 Å². The molecule has 0 bridgehead atoms. The second-order valence-corrected chi connectivity index (χ2v) is 11.3. The lowest BCUT2D eigenvalue weighted by molar-refractivity contribution is -0.277.